The van der Waals surface area contributed by atoms with Gasteiger partial charge in [0.2, 0.25) is 0 Å². The van der Waals surface area contributed by atoms with Crippen LogP contribution < -0.4 is 5.32 Å². The Hall–Kier alpha value is -3.21. The van der Waals surface area contributed by atoms with Crippen LogP contribution in [0.1, 0.15) is 32.9 Å². The van der Waals surface area contributed by atoms with Crippen molar-refractivity contribution < 1.29 is 9.18 Å². The second-order valence-corrected chi connectivity index (χ2v) is 6.34. The summed E-state index contributed by atoms with van der Waals surface area (Å²) < 4.78 is 13.6. The fraction of sp³-hybridized carbons (Fsp3) is 0.143. The predicted molar refractivity (Wildman–Crippen MR) is 100 cm³/mol. The van der Waals surface area contributed by atoms with E-state index in [0.717, 1.165) is 34.6 Å². The van der Waals surface area contributed by atoms with Crippen LogP contribution in [0.15, 0.2) is 42.6 Å². The number of nitrogens with one attached hydrogen (secondary N) is 2. The Morgan fingerprint density at radius 3 is 2.92 bits per heavy atom. The lowest BCUT2D eigenvalue weighted by Gasteiger charge is -2.10. The quantitative estimate of drug-likeness (QED) is 0.753. The number of hydrogen-bond acceptors (Lipinski definition) is 2. The van der Waals surface area contributed by atoms with Gasteiger partial charge < -0.3 is 10.3 Å². The lowest BCUT2D eigenvalue weighted by molar-refractivity contribution is 0.0946. The number of rotatable bonds is 3. The third kappa shape index (κ3) is 3.04. The van der Waals surface area contributed by atoms with E-state index < -0.39 is 0 Å². The summed E-state index contributed by atoms with van der Waals surface area (Å²) in [5.41, 5.74) is 5.72. The molecule has 4 nitrogen and oxygen atoms in total. The average Bonchev–Trinajstić information content (AvgIpc) is 3.09. The Morgan fingerprint density at radius 2 is 2.08 bits per heavy atom. The molecule has 4 rings (SSSR count). The first kappa shape index (κ1) is 16.3. The molecule has 0 saturated carbocycles. The van der Waals surface area contributed by atoms with E-state index in [1.807, 2.05) is 36.4 Å². The highest BCUT2D eigenvalue weighted by atomic mass is 19.1. The van der Waals surface area contributed by atoms with Crippen molar-refractivity contribution >= 4 is 18.1 Å². The number of carbonyl (C=O) groups excluding carboxylic acids is 1. The van der Waals surface area contributed by atoms with E-state index in [9.17, 15) is 9.18 Å². The normalized spacial score (nSPS) is 13.7. The molecule has 1 aromatic carbocycles. The lowest BCUT2D eigenvalue weighted by atomic mass is 10.1. The van der Waals surface area contributed by atoms with Gasteiger partial charge in [0.05, 0.1) is 11.3 Å². The summed E-state index contributed by atoms with van der Waals surface area (Å²) in [7, 11) is 0. The van der Waals surface area contributed by atoms with Gasteiger partial charge in [0.1, 0.15) is 5.82 Å². The van der Waals surface area contributed by atoms with Crippen molar-refractivity contribution in [2.75, 3.05) is 6.54 Å². The number of benzene rings is 1. The van der Waals surface area contributed by atoms with Crippen LogP contribution in [-0.2, 0) is 6.42 Å². The van der Waals surface area contributed by atoms with Crippen LogP contribution >= 0.6 is 0 Å². The number of halogens is 1. The van der Waals surface area contributed by atoms with E-state index in [-0.39, 0.29) is 11.7 Å². The average molecular weight is 347 g/mol. The number of nitrogens with zero attached hydrogens (tertiary/aromatic N) is 1. The first-order chi connectivity index (χ1) is 12.6. The molecule has 0 atom stereocenters. The summed E-state index contributed by atoms with van der Waals surface area (Å²) in [5.74, 6) is -0.256. The number of fused-ring (bicyclic) bond motifs is 1. The molecule has 26 heavy (non-hydrogen) atoms. The third-order valence-electron chi connectivity index (χ3n) is 4.64. The molecule has 1 aliphatic rings. The van der Waals surface area contributed by atoms with Gasteiger partial charge in [-0.2, -0.15) is 0 Å². The lowest BCUT2D eigenvalue weighted by Crippen LogP contribution is -2.31. The van der Waals surface area contributed by atoms with Crippen LogP contribution in [0.4, 0.5) is 4.39 Å². The van der Waals surface area contributed by atoms with E-state index >= 15 is 0 Å². The maximum absolute atomic E-state index is 13.6. The number of aromatic amines is 1. The Morgan fingerprint density at radius 1 is 1.19 bits per heavy atom. The van der Waals surface area contributed by atoms with Crippen molar-refractivity contribution in [1.29, 1.82) is 0 Å². The molecule has 3 aromatic rings. The number of hydrogen-bond donors (Lipinski definition) is 2. The molecule has 0 fully saturated rings. The van der Waals surface area contributed by atoms with Crippen LogP contribution in [0.25, 0.3) is 23.4 Å². The minimum Gasteiger partial charge on any atom is -0.358 e. The van der Waals surface area contributed by atoms with Crippen LogP contribution in [0.2, 0.25) is 0 Å². The predicted octanol–water partition coefficient (Wildman–Crippen LogP) is 3.98. The minimum absolute atomic E-state index is 0.0375. The maximum atomic E-state index is 13.6. The summed E-state index contributed by atoms with van der Waals surface area (Å²) >= 11 is 0. The van der Waals surface area contributed by atoms with Crippen LogP contribution in [0.5, 0.6) is 0 Å². The van der Waals surface area contributed by atoms with Crippen LogP contribution in [-0.4, -0.2) is 22.4 Å². The topological polar surface area (TPSA) is 57.8 Å². The fourth-order valence-electron chi connectivity index (χ4n) is 3.14. The van der Waals surface area contributed by atoms with Gasteiger partial charge in [-0.25, -0.2) is 4.39 Å². The van der Waals surface area contributed by atoms with E-state index in [4.69, 9.17) is 0 Å². The van der Waals surface area contributed by atoms with Crippen molar-refractivity contribution in [1.82, 2.24) is 15.3 Å². The molecule has 0 aliphatic carbocycles. The van der Waals surface area contributed by atoms with Crippen molar-refractivity contribution in [2.24, 2.45) is 0 Å². The number of H-pyrrole nitrogens is 1. The Bertz CT molecular complexity index is 1020. The van der Waals surface area contributed by atoms with Gasteiger partial charge >= 0.3 is 0 Å². The monoisotopic (exact) mass is 347 g/mol. The summed E-state index contributed by atoms with van der Waals surface area (Å²) in [6, 6.07) is 10.7. The molecule has 130 valence electrons. The van der Waals surface area contributed by atoms with Gasteiger partial charge in [0.15, 0.2) is 0 Å². The molecule has 1 amide bonds. The molecular weight excluding hydrogens is 329 g/mol. The van der Waals surface area contributed by atoms with Crippen LogP contribution in [0, 0.1) is 12.7 Å². The highest BCUT2D eigenvalue weighted by Crippen LogP contribution is 2.25. The summed E-state index contributed by atoms with van der Waals surface area (Å²) in [4.78, 5) is 19.6. The van der Waals surface area contributed by atoms with Gasteiger partial charge in [0.25, 0.3) is 5.91 Å². The number of aromatic nitrogens is 2. The molecule has 0 saturated heterocycles. The molecule has 0 radical (unpaired) electrons. The fourth-order valence-corrected chi connectivity index (χ4v) is 3.14. The van der Waals surface area contributed by atoms with Gasteiger partial charge in [-0.05, 0) is 48.4 Å². The zero-order chi connectivity index (χ0) is 18.1. The standard InChI is InChI=1S/C21H18FN3O/c1-13-14(3-2-4-18(13)22)5-6-16-11-15(7-9-23-16)20-12-17-19(25-20)8-10-24-21(17)26/h2-7,9,11-12,25H,8,10H2,1H3,(H,24,26). The molecule has 0 spiro atoms. The summed E-state index contributed by atoms with van der Waals surface area (Å²) in [6.45, 7) is 2.41. The molecule has 0 unspecified atom stereocenters. The van der Waals surface area contributed by atoms with Crippen molar-refractivity contribution in [3.05, 3.63) is 76.5 Å². The number of pyridine rings is 1. The zero-order valence-electron chi connectivity index (χ0n) is 14.3. The summed E-state index contributed by atoms with van der Waals surface area (Å²) in [6.07, 6.45) is 6.25. The smallest absolute Gasteiger partial charge is 0.253 e. The third-order valence-corrected chi connectivity index (χ3v) is 4.64. The number of carbonyl (C=O) groups is 1. The Labute approximate surface area is 150 Å². The maximum Gasteiger partial charge on any atom is 0.253 e. The Kier molecular flexibility index (Phi) is 4.13. The number of amides is 1. The summed E-state index contributed by atoms with van der Waals surface area (Å²) in [5, 5.41) is 2.85. The van der Waals surface area contributed by atoms with Crippen LogP contribution in [0.3, 0.4) is 0 Å². The van der Waals surface area contributed by atoms with E-state index in [0.29, 0.717) is 17.7 Å². The Balaban J connectivity index is 1.64. The van der Waals surface area contributed by atoms with Crippen molar-refractivity contribution in [3.8, 4) is 11.3 Å². The molecule has 2 N–H and O–H groups in total. The molecule has 5 heteroatoms. The van der Waals surface area contributed by atoms with Crippen molar-refractivity contribution in [2.45, 2.75) is 13.3 Å². The second-order valence-electron chi connectivity index (χ2n) is 6.34. The zero-order valence-corrected chi connectivity index (χ0v) is 14.3. The largest absolute Gasteiger partial charge is 0.358 e. The highest BCUT2D eigenvalue weighted by Gasteiger charge is 2.19. The SMILES string of the molecule is Cc1c(F)cccc1C=Cc1cc(-c2cc3c([nH]2)CCNC3=O)ccn1. The second kappa shape index (κ2) is 6.59. The minimum atomic E-state index is -0.218. The highest BCUT2D eigenvalue weighted by molar-refractivity contribution is 5.97. The van der Waals surface area contributed by atoms with Gasteiger partial charge in [-0.1, -0.05) is 18.2 Å². The van der Waals surface area contributed by atoms with E-state index in [2.05, 4.69) is 15.3 Å². The van der Waals surface area contributed by atoms with Gasteiger partial charge in [0, 0.05) is 36.1 Å². The molecule has 2 aromatic heterocycles. The van der Waals surface area contributed by atoms with E-state index in [1.165, 1.54) is 6.07 Å². The first-order valence-corrected chi connectivity index (χ1v) is 8.51. The van der Waals surface area contributed by atoms with Crippen molar-refractivity contribution in [3.63, 3.8) is 0 Å². The molecule has 3 heterocycles. The van der Waals surface area contributed by atoms with Gasteiger partial charge in [-0.3, -0.25) is 9.78 Å². The van der Waals surface area contributed by atoms with Gasteiger partial charge in [-0.15, -0.1) is 0 Å². The van der Waals surface area contributed by atoms with E-state index in [1.54, 1.807) is 19.2 Å². The molecule has 0 bridgehead atoms. The molecule has 1 aliphatic heterocycles. The molecular formula is C21H18FN3O. The first-order valence-electron chi connectivity index (χ1n) is 8.51.